The zero-order valence-corrected chi connectivity index (χ0v) is 14.9. The van der Waals surface area contributed by atoms with Gasteiger partial charge in [-0.1, -0.05) is 19.3 Å². The standard InChI is InChI=1S/C17H25N3O3S/c1-11-16-14(12-5-3-2-4-6-12)9-15(21)18-17(16)20(19-11)13-7-8-24(22,23)10-13/h12-14H,2-10H2,1H3,(H,18,21)/t13-,14+/m0/s1. The maximum atomic E-state index is 12.3. The Morgan fingerprint density at radius 1 is 1.17 bits per heavy atom. The Balaban J connectivity index is 1.72. The Hall–Kier alpha value is -1.37. The van der Waals surface area contributed by atoms with Crippen molar-refractivity contribution in [2.45, 2.75) is 63.8 Å². The summed E-state index contributed by atoms with van der Waals surface area (Å²) in [6.45, 7) is 1.99. The number of amides is 1. The SMILES string of the molecule is Cc1nn([C@H]2CCS(=O)(=O)C2)c2c1[C@@H](C1CCCCC1)CC(=O)N2. The zero-order chi connectivity index (χ0) is 16.9. The minimum atomic E-state index is -2.98. The monoisotopic (exact) mass is 351 g/mol. The lowest BCUT2D eigenvalue weighted by atomic mass is 9.74. The predicted octanol–water partition coefficient (Wildman–Crippen LogP) is 2.56. The molecular weight excluding hydrogens is 326 g/mol. The molecule has 0 unspecified atom stereocenters. The van der Waals surface area contributed by atoms with Crippen LogP contribution in [-0.2, 0) is 14.6 Å². The summed E-state index contributed by atoms with van der Waals surface area (Å²) < 4.78 is 25.5. The minimum Gasteiger partial charge on any atom is -0.311 e. The zero-order valence-electron chi connectivity index (χ0n) is 14.1. The molecule has 1 aliphatic carbocycles. The highest BCUT2D eigenvalue weighted by molar-refractivity contribution is 7.91. The summed E-state index contributed by atoms with van der Waals surface area (Å²) in [7, 11) is -2.98. The van der Waals surface area contributed by atoms with Gasteiger partial charge in [-0.2, -0.15) is 5.10 Å². The number of aryl methyl sites for hydroxylation is 1. The second-order valence-corrected chi connectivity index (χ2v) is 9.83. The first-order chi connectivity index (χ1) is 11.4. The van der Waals surface area contributed by atoms with E-state index in [9.17, 15) is 13.2 Å². The van der Waals surface area contributed by atoms with Gasteiger partial charge in [0.1, 0.15) is 5.82 Å². The van der Waals surface area contributed by atoms with Gasteiger partial charge in [-0.15, -0.1) is 0 Å². The molecule has 3 heterocycles. The molecule has 3 aliphatic rings. The van der Waals surface area contributed by atoms with Crippen molar-refractivity contribution in [3.8, 4) is 0 Å². The van der Waals surface area contributed by atoms with Crippen LogP contribution in [0.3, 0.4) is 0 Å². The molecule has 2 aliphatic heterocycles. The predicted molar refractivity (Wildman–Crippen MR) is 91.8 cm³/mol. The minimum absolute atomic E-state index is 0.0417. The average Bonchev–Trinajstić information content (AvgIpc) is 3.07. The average molecular weight is 351 g/mol. The van der Waals surface area contributed by atoms with Gasteiger partial charge in [0, 0.05) is 17.9 Å². The summed E-state index contributed by atoms with van der Waals surface area (Å²) in [6, 6.07) is -0.150. The summed E-state index contributed by atoms with van der Waals surface area (Å²) >= 11 is 0. The quantitative estimate of drug-likeness (QED) is 0.888. The van der Waals surface area contributed by atoms with Gasteiger partial charge in [0.15, 0.2) is 9.84 Å². The van der Waals surface area contributed by atoms with Crippen LogP contribution in [0, 0.1) is 12.8 Å². The topological polar surface area (TPSA) is 81.1 Å². The molecule has 1 aromatic heterocycles. The molecule has 1 aromatic rings. The first kappa shape index (κ1) is 16.1. The second kappa shape index (κ2) is 5.86. The van der Waals surface area contributed by atoms with E-state index in [0.717, 1.165) is 17.1 Å². The molecule has 132 valence electrons. The van der Waals surface area contributed by atoms with Crippen molar-refractivity contribution in [1.82, 2.24) is 9.78 Å². The first-order valence-corrected chi connectivity index (χ1v) is 10.9. The third-order valence-corrected chi connectivity index (χ3v) is 7.69. The van der Waals surface area contributed by atoms with Gasteiger partial charge in [-0.3, -0.25) is 4.79 Å². The van der Waals surface area contributed by atoms with Crippen molar-refractivity contribution < 1.29 is 13.2 Å². The van der Waals surface area contributed by atoms with E-state index in [1.54, 1.807) is 4.68 Å². The summed E-state index contributed by atoms with van der Waals surface area (Å²) in [6.07, 6.45) is 7.26. The van der Waals surface area contributed by atoms with Gasteiger partial charge < -0.3 is 5.32 Å². The van der Waals surface area contributed by atoms with Crippen LogP contribution in [0.15, 0.2) is 0 Å². The molecule has 0 aromatic carbocycles. The van der Waals surface area contributed by atoms with Crippen molar-refractivity contribution in [2.75, 3.05) is 16.8 Å². The Morgan fingerprint density at radius 2 is 1.92 bits per heavy atom. The maximum Gasteiger partial charge on any atom is 0.226 e. The molecule has 6 nitrogen and oxygen atoms in total. The smallest absolute Gasteiger partial charge is 0.226 e. The van der Waals surface area contributed by atoms with Crippen molar-refractivity contribution >= 4 is 21.6 Å². The van der Waals surface area contributed by atoms with Crippen LogP contribution in [0.25, 0.3) is 0 Å². The normalized spacial score (nSPS) is 30.1. The third-order valence-electron chi connectivity index (χ3n) is 5.94. The number of aromatic nitrogens is 2. The molecule has 2 atom stereocenters. The Labute approximate surface area is 142 Å². The highest BCUT2D eigenvalue weighted by Crippen LogP contribution is 2.45. The molecule has 2 fully saturated rings. The van der Waals surface area contributed by atoms with Crippen LogP contribution in [0.1, 0.15) is 68.2 Å². The first-order valence-electron chi connectivity index (χ1n) is 9.04. The largest absolute Gasteiger partial charge is 0.311 e. The lowest BCUT2D eigenvalue weighted by Gasteiger charge is -2.33. The number of carbonyl (C=O) groups is 1. The van der Waals surface area contributed by atoms with E-state index >= 15 is 0 Å². The highest BCUT2D eigenvalue weighted by Gasteiger charge is 2.39. The number of sulfone groups is 1. The Bertz CT molecular complexity index is 762. The van der Waals surface area contributed by atoms with E-state index in [1.165, 1.54) is 32.1 Å². The summed E-state index contributed by atoms with van der Waals surface area (Å²) in [5, 5.41) is 7.65. The van der Waals surface area contributed by atoms with Crippen molar-refractivity contribution in [3.63, 3.8) is 0 Å². The van der Waals surface area contributed by atoms with Crippen molar-refractivity contribution in [3.05, 3.63) is 11.3 Å². The van der Waals surface area contributed by atoms with Crippen LogP contribution < -0.4 is 5.32 Å². The molecule has 24 heavy (non-hydrogen) atoms. The molecule has 1 amide bonds. The number of nitrogens with one attached hydrogen (secondary N) is 1. The number of hydrogen-bond donors (Lipinski definition) is 1. The second-order valence-electron chi connectivity index (χ2n) is 7.61. The van der Waals surface area contributed by atoms with E-state index in [2.05, 4.69) is 10.4 Å². The molecule has 0 bridgehead atoms. The highest BCUT2D eigenvalue weighted by atomic mass is 32.2. The van der Waals surface area contributed by atoms with Gasteiger partial charge in [0.05, 0.1) is 23.2 Å². The fourth-order valence-electron chi connectivity index (χ4n) is 4.79. The third kappa shape index (κ3) is 2.76. The van der Waals surface area contributed by atoms with E-state index in [0.29, 0.717) is 18.8 Å². The number of carbonyl (C=O) groups excluding carboxylic acids is 1. The van der Waals surface area contributed by atoms with Crippen molar-refractivity contribution in [1.29, 1.82) is 0 Å². The molecule has 1 saturated carbocycles. The molecule has 0 radical (unpaired) electrons. The number of nitrogens with zero attached hydrogens (tertiary/aromatic N) is 2. The van der Waals surface area contributed by atoms with Gasteiger partial charge in [-0.05, 0) is 32.1 Å². The van der Waals surface area contributed by atoms with E-state index in [1.807, 2.05) is 6.92 Å². The van der Waals surface area contributed by atoms with E-state index < -0.39 is 9.84 Å². The van der Waals surface area contributed by atoms with Crippen LogP contribution >= 0.6 is 0 Å². The Morgan fingerprint density at radius 3 is 2.58 bits per heavy atom. The Kier molecular flexibility index (Phi) is 3.94. The summed E-state index contributed by atoms with van der Waals surface area (Å²) in [5.41, 5.74) is 2.11. The van der Waals surface area contributed by atoms with Crippen molar-refractivity contribution in [2.24, 2.45) is 5.92 Å². The van der Waals surface area contributed by atoms with Crippen LogP contribution in [-0.4, -0.2) is 35.6 Å². The number of anilines is 1. The number of rotatable bonds is 2. The molecule has 7 heteroatoms. The maximum absolute atomic E-state index is 12.3. The van der Waals surface area contributed by atoms with E-state index in [4.69, 9.17) is 0 Å². The van der Waals surface area contributed by atoms with Gasteiger partial charge in [-0.25, -0.2) is 13.1 Å². The summed E-state index contributed by atoms with van der Waals surface area (Å²) in [4.78, 5) is 12.3. The molecule has 4 rings (SSSR count). The van der Waals surface area contributed by atoms with Crippen LogP contribution in [0.2, 0.25) is 0 Å². The van der Waals surface area contributed by atoms with Gasteiger partial charge in [0.25, 0.3) is 0 Å². The number of fused-ring (bicyclic) bond motifs is 1. The molecular formula is C17H25N3O3S. The number of hydrogen-bond acceptors (Lipinski definition) is 4. The fourth-order valence-corrected chi connectivity index (χ4v) is 6.48. The lowest BCUT2D eigenvalue weighted by Crippen LogP contribution is -2.30. The molecule has 1 saturated heterocycles. The van der Waals surface area contributed by atoms with Gasteiger partial charge in [0.2, 0.25) is 5.91 Å². The molecule has 0 spiro atoms. The fraction of sp³-hybridized carbons (Fsp3) is 0.765. The summed E-state index contributed by atoms with van der Waals surface area (Å²) in [5.74, 6) is 1.94. The lowest BCUT2D eigenvalue weighted by molar-refractivity contribution is -0.117. The van der Waals surface area contributed by atoms with Crippen LogP contribution in [0.5, 0.6) is 0 Å². The van der Waals surface area contributed by atoms with Crippen LogP contribution in [0.4, 0.5) is 5.82 Å². The van der Waals surface area contributed by atoms with E-state index in [-0.39, 0.29) is 29.4 Å². The van der Waals surface area contributed by atoms with Gasteiger partial charge >= 0.3 is 0 Å². The molecule has 1 N–H and O–H groups in total.